The Morgan fingerprint density at radius 1 is 1.33 bits per heavy atom. The Balaban J connectivity index is 1.67. The zero-order valence-corrected chi connectivity index (χ0v) is 13.9. The molecule has 2 heterocycles. The number of ether oxygens (including phenoxy) is 1. The van der Waals surface area contributed by atoms with Crippen molar-refractivity contribution in [3.63, 3.8) is 0 Å². The van der Waals surface area contributed by atoms with Crippen LogP contribution in [0.5, 0.6) is 5.75 Å². The lowest BCUT2D eigenvalue weighted by atomic mass is 10.2. The standard InChI is InChI=1S/C17H19N5O2/c1-12-7-16(20-21(12)2)17(23)19-14-9-18-22(11-14)10-13-5-4-6-15(8-13)24-3/h4-9,11H,10H2,1-3H3,(H,19,23). The number of carbonyl (C=O) groups excluding carboxylic acids is 1. The van der Waals surface area contributed by atoms with E-state index in [1.165, 1.54) is 0 Å². The minimum absolute atomic E-state index is 0.250. The molecule has 0 atom stereocenters. The summed E-state index contributed by atoms with van der Waals surface area (Å²) in [5, 5.41) is 11.2. The van der Waals surface area contributed by atoms with Crippen molar-refractivity contribution in [2.75, 3.05) is 12.4 Å². The summed E-state index contributed by atoms with van der Waals surface area (Å²) in [4.78, 5) is 12.2. The fourth-order valence-electron chi connectivity index (χ4n) is 2.34. The third kappa shape index (κ3) is 3.45. The summed E-state index contributed by atoms with van der Waals surface area (Å²) in [5.41, 5.74) is 3.01. The molecule has 3 rings (SSSR count). The Bertz CT molecular complexity index is 846. The highest BCUT2D eigenvalue weighted by Gasteiger charge is 2.12. The van der Waals surface area contributed by atoms with Crippen molar-refractivity contribution in [2.24, 2.45) is 7.05 Å². The molecule has 0 radical (unpaired) electrons. The average molecular weight is 325 g/mol. The lowest BCUT2D eigenvalue weighted by molar-refractivity contribution is 0.102. The van der Waals surface area contributed by atoms with E-state index < -0.39 is 0 Å². The van der Waals surface area contributed by atoms with Crippen LogP contribution in [0.25, 0.3) is 0 Å². The lowest BCUT2D eigenvalue weighted by Crippen LogP contribution is -2.12. The minimum Gasteiger partial charge on any atom is -0.497 e. The number of hydrogen-bond donors (Lipinski definition) is 1. The van der Waals surface area contributed by atoms with Crippen LogP contribution in [-0.4, -0.2) is 32.6 Å². The van der Waals surface area contributed by atoms with E-state index in [1.807, 2.05) is 31.2 Å². The Hall–Kier alpha value is -3.09. The molecule has 0 fully saturated rings. The molecule has 24 heavy (non-hydrogen) atoms. The van der Waals surface area contributed by atoms with Crippen molar-refractivity contribution in [1.82, 2.24) is 19.6 Å². The van der Waals surface area contributed by atoms with E-state index in [4.69, 9.17) is 4.74 Å². The SMILES string of the molecule is COc1cccc(Cn2cc(NC(=O)c3cc(C)n(C)n3)cn2)c1. The molecule has 1 N–H and O–H groups in total. The summed E-state index contributed by atoms with van der Waals surface area (Å²) in [7, 11) is 3.44. The number of nitrogens with zero attached hydrogens (tertiary/aromatic N) is 4. The summed E-state index contributed by atoms with van der Waals surface area (Å²) in [5.74, 6) is 0.554. The molecule has 1 aromatic carbocycles. The number of carbonyl (C=O) groups is 1. The molecule has 3 aromatic rings. The zero-order valence-electron chi connectivity index (χ0n) is 13.9. The average Bonchev–Trinajstić information content (AvgIpc) is 3.14. The van der Waals surface area contributed by atoms with Crippen LogP contribution in [0.1, 0.15) is 21.7 Å². The Morgan fingerprint density at radius 2 is 2.17 bits per heavy atom. The second-order valence-corrected chi connectivity index (χ2v) is 5.53. The minimum atomic E-state index is -0.250. The second kappa shape index (κ2) is 6.57. The maximum absolute atomic E-state index is 12.2. The molecule has 1 amide bonds. The van der Waals surface area contributed by atoms with Gasteiger partial charge in [0.2, 0.25) is 0 Å². The van der Waals surface area contributed by atoms with Crippen LogP contribution in [0.15, 0.2) is 42.7 Å². The van der Waals surface area contributed by atoms with Crippen LogP contribution >= 0.6 is 0 Å². The van der Waals surface area contributed by atoms with E-state index in [1.54, 1.807) is 42.0 Å². The maximum atomic E-state index is 12.2. The molecule has 0 saturated carbocycles. The van der Waals surface area contributed by atoms with Gasteiger partial charge in [-0.1, -0.05) is 12.1 Å². The van der Waals surface area contributed by atoms with E-state index in [-0.39, 0.29) is 5.91 Å². The van der Waals surface area contributed by atoms with Crippen LogP contribution in [0, 0.1) is 6.92 Å². The Labute approximate surface area is 139 Å². The van der Waals surface area contributed by atoms with Crippen molar-refractivity contribution >= 4 is 11.6 Å². The normalized spacial score (nSPS) is 10.6. The molecule has 0 aliphatic heterocycles. The van der Waals surface area contributed by atoms with E-state index in [0.29, 0.717) is 17.9 Å². The van der Waals surface area contributed by atoms with Crippen molar-refractivity contribution in [2.45, 2.75) is 13.5 Å². The number of anilines is 1. The highest BCUT2D eigenvalue weighted by atomic mass is 16.5. The summed E-state index contributed by atoms with van der Waals surface area (Å²) >= 11 is 0. The van der Waals surface area contributed by atoms with Crippen molar-refractivity contribution in [3.05, 3.63) is 59.7 Å². The number of hydrogen-bond acceptors (Lipinski definition) is 4. The van der Waals surface area contributed by atoms with Crippen molar-refractivity contribution in [1.29, 1.82) is 0 Å². The maximum Gasteiger partial charge on any atom is 0.276 e. The fraction of sp³-hybridized carbons (Fsp3) is 0.235. The highest BCUT2D eigenvalue weighted by molar-refractivity contribution is 6.02. The van der Waals surface area contributed by atoms with Gasteiger partial charge in [-0.25, -0.2) is 0 Å². The van der Waals surface area contributed by atoms with Crippen LogP contribution in [0.2, 0.25) is 0 Å². The summed E-state index contributed by atoms with van der Waals surface area (Å²) < 4.78 is 8.64. The molecule has 124 valence electrons. The van der Waals surface area contributed by atoms with E-state index in [9.17, 15) is 4.79 Å². The first kappa shape index (κ1) is 15.8. The predicted molar refractivity (Wildman–Crippen MR) is 90.2 cm³/mol. The molecule has 0 saturated heterocycles. The van der Waals surface area contributed by atoms with Gasteiger partial charge in [-0.3, -0.25) is 14.2 Å². The third-order valence-corrected chi connectivity index (χ3v) is 3.72. The monoisotopic (exact) mass is 325 g/mol. The van der Waals surface area contributed by atoms with Gasteiger partial charge in [-0.05, 0) is 30.7 Å². The van der Waals surface area contributed by atoms with E-state index in [2.05, 4.69) is 15.5 Å². The Kier molecular flexibility index (Phi) is 4.33. The smallest absolute Gasteiger partial charge is 0.276 e. The van der Waals surface area contributed by atoms with Gasteiger partial charge in [0.1, 0.15) is 5.75 Å². The van der Waals surface area contributed by atoms with Crippen LogP contribution in [0.4, 0.5) is 5.69 Å². The van der Waals surface area contributed by atoms with E-state index in [0.717, 1.165) is 17.0 Å². The number of aryl methyl sites for hydroxylation is 2. The van der Waals surface area contributed by atoms with E-state index >= 15 is 0 Å². The highest BCUT2D eigenvalue weighted by Crippen LogP contribution is 2.15. The number of methoxy groups -OCH3 is 1. The Morgan fingerprint density at radius 3 is 2.88 bits per heavy atom. The molecular weight excluding hydrogens is 306 g/mol. The molecule has 0 aliphatic rings. The van der Waals surface area contributed by atoms with Gasteiger partial charge < -0.3 is 10.1 Å². The summed E-state index contributed by atoms with van der Waals surface area (Å²) in [6.45, 7) is 2.49. The number of rotatable bonds is 5. The zero-order chi connectivity index (χ0) is 17.1. The molecule has 0 spiro atoms. The molecule has 0 aliphatic carbocycles. The van der Waals surface area contributed by atoms with Gasteiger partial charge in [0.15, 0.2) is 5.69 Å². The van der Waals surface area contributed by atoms with Crippen LogP contribution in [0.3, 0.4) is 0 Å². The predicted octanol–water partition coefficient (Wildman–Crippen LogP) is 2.23. The largest absolute Gasteiger partial charge is 0.497 e. The van der Waals surface area contributed by atoms with Crippen molar-refractivity contribution in [3.8, 4) is 5.75 Å². The number of benzene rings is 1. The third-order valence-electron chi connectivity index (χ3n) is 3.72. The second-order valence-electron chi connectivity index (χ2n) is 5.53. The quantitative estimate of drug-likeness (QED) is 0.781. The van der Waals surface area contributed by atoms with Gasteiger partial charge in [0.25, 0.3) is 5.91 Å². The fourth-order valence-corrected chi connectivity index (χ4v) is 2.34. The number of nitrogens with one attached hydrogen (secondary N) is 1. The van der Waals surface area contributed by atoms with Crippen molar-refractivity contribution < 1.29 is 9.53 Å². The number of aromatic nitrogens is 4. The van der Waals surface area contributed by atoms with Crippen LogP contribution in [-0.2, 0) is 13.6 Å². The first-order valence-electron chi connectivity index (χ1n) is 7.52. The molecule has 0 unspecified atom stereocenters. The van der Waals surface area contributed by atoms with Crippen LogP contribution < -0.4 is 10.1 Å². The number of amides is 1. The summed E-state index contributed by atoms with van der Waals surface area (Å²) in [6, 6.07) is 9.53. The van der Waals surface area contributed by atoms with Gasteiger partial charge >= 0.3 is 0 Å². The topological polar surface area (TPSA) is 74.0 Å². The van der Waals surface area contributed by atoms with Gasteiger partial charge in [0, 0.05) is 18.9 Å². The first-order chi connectivity index (χ1) is 11.5. The molecular formula is C17H19N5O2. The van der Waals surface area contributed by atoms with Gasteiger partial charge in [-0.15, -0.1) is 0 Å². The first-order valence-corrected chi connectivity index (χ1v) is 7.52. The van der Waals surface area contributed by atoms with Gasteiger partial charge in [0.05, 0.1) is 25.5 Å². The molecule has 0 bridgehead atoms. The van der Waals surface area contributed by atoms with Gasteiger partial charge in [-0.2, -0.15) is 10.2 Å². The lowest BCUT2D eigenvalue weighted by Gasteiger charge is -2.04. The molecule has 7 nitrogen and oxygen atoms in total. The molecule has 2 aromatic heterocycles. The molecule has 7 heteroatoms. The summed E-state index contributed by atoms with van der Waals surface area (Å²) in [6.07, 6.45) is 3.40.